The zero-order valence-corrected chi connectivity index (χ0v) is 16.3. The summed E-state index contributed by atoms with van der Waals surface area (Å²) < 4.78 is 2.73. The van der Waals surface area contributed by atoms with E-state index in [0.29, 0.717) is 22.2 Å². The first-order chi connectivity index (χ1) is 12.5. The number of aromatic nitrogens is 2. The van der Waals surface area contributed by atoms with Crippen LogP contribution in [0.2, 0.25) is 10.0 Å². The predicted molar refractivity (Wildman–Crippen MR) is 104 cm³/mol. The lowest BCUT2D eigenvalue weighted by molar-refractivity contribution is 0.0998. The number of hydrogen-bond acceptors (Lipinski definition) is 3. The standard InChI is InChI=1S/C17H12Cl3N3O2S/c18-10-22-16(21-15(24)12-3-7-14(20)8-4-12)26-23(17(22)25)9-11-1-5-13(19)6-2-11/h1-8H,9-10H2/b21-16+. The monoisotopic (exact) mass is 427 g/mol. The maximum atomic E-state index is 12.5. The summed E-state index contributed by atoms with van der Waals surface area (Å²) in [6.07, 6.45) is 0. The van der Waals surface area contributed by atoms with Crippen LogP contribution in [0, 0.1) is 0 Å². The lowest BCUT2D eigenvalue weighted by atomic mass is 10.2. The van der Waals surface area contributed by atoms with Gasteiger partial charge in [0.25, 0.3) is 5.91 Å². The van der Waals surface area contributed by atoms with Crippen LogP contribution < -0.4 is 10.5 Å². The predicted octanol–water partition coefficient (Wildman–Crippen LogP) is 4.00. The number of rotatable bonds is 4. The highest BCUT2D eigenvalue weighted by atomic mass is 35.5. The minimum Gasteiger partial charge on any atom is -0.267 e. The number of nitrogens with zero attached hydrogens (tertiary/aromatic N) is 3. The van der Waals surface area contributed by atoms with Gasteiger partial charge in [0.05, 0.1) is 6.54 Å². The summed E-state index contributed by atoms with van der Waals surface area (Å²) in [6.45, 7) is 0.336. The molecule has 0 fully saturated rings. The first kappa shape index (κ1) is 18.9. The molecule has 0 atom stereocenters. The van der Waals surface area contributed by atoms with Crippen LogP contribution >= 0.6 is 46.3 Å². The minimum absolute atomic E-state index is 0.102. The second-order valence-electron chi connectivity index (χ2n) is 5.29. The molecule has 134 valence electrons. The number of halogens is 3. The zero-order chi connectivity index (χ0) is 18.7. The van der Waals surface area contributed by atoms with Crippen molar-refractivity contribution < 1.29 is 4.79 Å². The van der Waals surface area contributed by atoms with Crippen molar-refractivity contribution in [2.45, 2.75) is 12.5 Å². The van der Waals surface area contributed by atoms with E-state index in [1.54, 1.807) is 36.4 Å². The van der Waals surface area contributed by atoms with Crippen LogP contribution in [-0.2, 0) is 12.5 Å². The number of hydrogen-bond donors (Lipinski definition) is 0. The molecular weight excluding hydrogens is 417 g/mol. The summed E-state index contributed by atoms with van der Waals surface area (Å²) in [7, 11) is 0. The molecule has 1 amide bonds. The van der Waals surface area contributed by atoms with E-state index >= 15 is 0 Å². The highest BCUT2D eigenvalue weighted by molar-refractivity contribution is 7.03. The Kier molecular flexibility index (Phi) is 5.98. The molecule has 0 radical (unpaired) electrons. The van der Waals surface area contributed by atoms with E-state index in [1.807, 2.05) is 12.1 Å². The van der Waals surface area contributed by atoms with Gasteiger partial charge < -0.3 is 0 Å². The fourth-order valence-electron chi connectivity index (χ4n) is 2.19. The van der Waals surface area contributed by atoms with Gasteiger partial charge >= 0.3 is 5.69 Å². The molecule has 1 aromatic heterocycles. The molecule has 0 aliphatic rings. The largest absolute Gasteiger partial charge is 0.341 e. The lowest BCUT2D eigenvalue weighted by Gasteiger charge is -2.00. The highest BCUT2D eigenvalue weighted by Crippen LogP contribution is 2.11. The molecule has 0 bridgehead atoms. The van der Waals surface area contributed by atoms with Crippen molar-refractivity contribution in [2.75, 3.05) is 0 Å². The van der Waals surface area contributed by atoms with E-state index in [2.05, 4.69) is 4.99 Å². The summed E-state index contributed by atoms with van der Waals surface area (Å²) in [5, 5.41) is 1.14. The molecule has 0 spiro atoms. The molecule has 3 aromatic rings. The number of alkyl halides is 1. The maximum absolute atomic E-state index is 12.5. The zero-order valence-electron chi connectivity index (χ0n) is 13.2. The maximum Gasteiger partial charge on any atom is 0.341 e. The van der Waals surface area contributed by atoms with Crippen LogP contribution in [0.4, 0.5) is 0 Å². The summed E-state index contributed by atoms with van der Waals surface area (Å²) in [6, 6.07) is 13.4. The molecule has 0 aliphatic carbocycles. The fraction of sp³-hybridized carbons (Fsp3) is 0.118. The molecule has 5 nitrogen and oxygen atoms in total. The van der Waals surface area contributed by atoms with E-state index in [0.717, 1.165) is 17.1 Å². The van der Waals surface area contributed by atoms with Gasteiger partial charge in [0.1, 0.15) is 6.00 Å². The van der Waals surface area contributed by atoms with Crippen LogP contribution in [0.25, 0.3) is 0 Å². The normalized spacial score (nSPS) is 11.7. The third-order valence-corrected chi connectivity index (χ3v) is 5.24. The molecule has 26 heavy (non-hydrogen) atoms. The van der Waals surface area contributed by atoms with Crippen LogP contribution in [-0.4, -0.2) is 14.4 Å². The number of benzene rings is 2. The van der Waals surface area contributed by atoms with Crippen molar-refractivity contribution in [3.05, 3.63) is 85.0 Å². The van der Waals surface area contributed by atoms with Gasteiger partial charge in [0.2, 0.25) is 4.80 Å². The second kappa shape index (κ2) is 8.22. The number of carbonyl (C=O) groups excluding carboxylic acids is 1. The first-order valence-corrected chi connectivity index (χ1v) is 9.50. The fourth-order valence-corrected chi connectivity index (χ4v) is 3.68. The Morgan fingerprint density at radius 2 is 1.58 bits per heavy atom. The first-order valence-electron chi connectivity index (χ1n) is 7.44. The van der Waals surface area contributed by atoms with E-state index in [-0.39, 0.29) is 16.5 Å². The van der Waals surface area contributed by atoms with Crippen molar-refractivity contribution in [2.24, 2.45) is 4.99 Å². The lowest BCUT2D eigenvalue weighted by Crippen LogP contribution is -2.28. The Balaban J connectivity index is 1.97. The second-order valence-corrected chi connectivity index (χ2v) is 7.39. The van der Waals surface area contributed by atoms with Crippen molar-refractivity contribution in [1.29, 1.82) is 0 Å². The Morgan fingerprint density at radius 3 is 2.15 bits per heavy atom. The Hall–Kier alpha value is -1.86. The van der Waals surface area contributed by atoms with Gasteiger partial charge in [-0.25, -0.2) is 8.75 Å². The molecule has 0 aliphatic heterocycles. The van der Waals surface area contributed by atoms with Gasteiger partial charge in [0, 0.05) is 15.6 Å². The SMILES string of the molecule is O=C(/N=c1/sn(Cc2ccc(Cl)cc2)c(=O)n1CCl)c1ccc(Cl)cc1. The Bertz CT molecular complexity index is 1050. The topological polar surface area (TPSA) is 56.4 Å². The quantitative estimate of drug-likeness (QED) is 0.590. The van der Waals surface area contributed by atoms with Gasteiger partial charge in [-0.1, -0.05) is 35.3 Å². The third kappa shape index (κ3) is 4.27. The van der Waals surface area contributed by atoms with Crippen molar-refractivity contribution >= 4 is 52.2 Å². The minimum atomic E-state index is -0.472. The smallest absolute Gasteiger partial charge is 0.267 e. The van der Waals surface area contributed by atoms with Crippen LogP contribution in [0.3, 0.4) is 0 Å². The molecule has 2 aromatic carbocycles. The van der Waals surface area contributed by atoms with Crippen LogP contribution in [0.1, 0.15) is 15.9 Å². The summed E-state index contributed by atoms with van der Waals surface area (Å²) in [5.74, 6) is -0.472. The van der Waals surface area contributed by atoms with Gasteiger partial charge in [-0.05, 0) is 53.5 Å². The molecule has 0 N–H and O–H groups in total. The summed E-state index contributed by atoms with van der Waals surface area (Å²) >= 11 is 18.6. The van der Waals surface area contributed by atoms with Gasteiger partial charge in [0.15, 0.2) is 0 Å². The van der Waals surface area contributed by atoms with Gasteiger partial charge in [-0.15, -0.1) is 11.6 Å². The van der Waals surface area contributed by atoms with Crippen molar-refractivity contribution in [3.8, 4) is 0 Å². The van der Waals surface area contributed by atoms with Crippen LogP contribution in [0.15, 0.2) is 58.3 Å². The van der Waals surface area contributed by atoms with Gasteiger partial charge in [-0.2, -0.15) is 4.99 Å². The van der Waals surface area contributed by atoms with E-state index in [4.69, 9.17) is 34.8 Å². The van der Waals surface area contributed by atoms with Crippen molar-refractivity contribution in [1.82, 2.24) is 8.52 Å². The summed E-state index contributed by atoms with van der Waals surface area (Å²) in [5.41, 5.74) is 0.943. The highest BCUT2D eigenvalue weighted by Gasteiger charge is 2.11. The number of carbonyl (C=O) groups is 1. The molecule has 9 heteroatoms. The third-order valence-electron chi connectivity index (χ3n) is 3.51. The average Bonchev–Trinajstić information content (AvgIpc) is 2.92. The molecule has 0 saturated heterocycles. The Morgan fingerprint density at radius 1 is 1.00 bits per heavy atom. The summed E-state index contributed by atoms with van der Waals surface area (Å²) in [4.78, 5) is 29.1. The van der Waals surface area contributed by atoms with Gasteiger partial charge in [-0.3, -0.25) is 9.36 Å². The van der Waals surface area contributed by atoms with E-state index in [9.17, 15) is 9.59 Å². The van der Waals surface area contributed by atoms with Crippen molar-refractivity contribution in [3.63, 3.8) is 0 Å². The Labute approximate surface area is 167 Å². The molecule has 3 rings (SSSR count). The molecule has 1 heterocycles. The average molecular weight is 429 g/mol. The van der Waals surface area contributed by atoms with Crippen LogP contribution in [0.5, 0.6) is 0 Å². The molecular formula is C17H12Cl3N3O2S. The molecule has 0 saturated carbocycles. The van der Waals surface area contributed by atoms with E-state index in [1.165, 1.54) is 8.52 Å². The molecule has 0 unspecified atom stereocenters. The number of amides is 1. The van der Waals surface area contributed by atoms with E-state index < -0.39 is 5.91 Å².